The van der Waals surface area contributed by atoms with Crippen LogP contribution >= 0.6 is 0 Å². The largest absolute Gasteiger partial charge is 0.370 e. The van der Waals surface area contributed by atoms with Crippen LogP contribution in [0.4, 0.5) is 11.4 Å². The van der Waals surface area contributed by atoms with Crippen LogP contribution in [0, 0.1) is 6.92 Å². The van der Waals surface area contributed by atoms with Crippen molar-refractivity contribution in [3.8, 4) is 0 Å². The molecule has 0 atom stereocenters. The molecular weight excluding hydrogens is 464 g/mol. The van der Waals surface area contributed by atoms with Crippen LogP contribution in [0.15, 0.2) is 35.4 Å². The SMILES string of the molecule is Cc1nn(C)c2ncc(NC(=O)c3ccc(N4CCCCC4)c(S(=O)(=O)N4CCCCC4)c3)cc12. The van der Waals surface area contributed by atoms with Crippen molar-refractivity contribution in [2.45, 2.75) is 50.3 Å². The van der Waals surface area contributed by atoms with Crippen molar-refractivity contribution in [2.24, 2.45) is 7.05 Å². The number of benzene rings is 1. The van der Waals surface area contributed by atoms with Crippen LogP contribution in [-0.2, 0) is 17.1 Å². The Kier molecular flexibility index (Phi) is 6.50. The van der Waals surface area contributed by atoms with Crippen LogP contribution in [-0.4, -0.2) is 59.6 Å². The predicted molar refractivity (Wildman–Crippen MR) is 136 cm³/mol. The van der Waals surface area contributed by atoms with Gasteiger partial charge in [0.1, 0.15) is 4.90 Å². The van der Waals surface area contributed by atoms with Crippen LogP contribution in [0.25, 0.3) is 11.0 Å². The molecule has 5 rings (SSSR count). The van der Waals surface area contributed by atoms with E-state index in [1.165, 1.54) is 0 Å². The molecule has 4 heterocycles. The standard InChI is InChI=1S/C25H32N6O3S/c1-18-21-16-20(17-26-24(21)29(2)28-18)27-25(32)19-9-10-22(30-11-5-3-6-12-30)23(15-19)35(33,34)31-13-7-4-8-14-31/h9-10,15-17H,3-8,11-14H2,1-2H3,(H,27,32). The van der Waals surface area contributed by atoms with Gasteiger partial charge in [0.15, 0.2) is 5.65 Å². The van der Waals surface area contributed by atoms with E-state index in [4.69, 9.17) is 0 Å². The molecule has 186 valence electrons. The van der Waals surface area contributed by atoms with Crippen molar-refractivity contribution < 1.29 is 13.2 Å². The Balaban J connectivity index is 1.48. The summed E-state index contributed by atoms with van der Waals surface area (Å²) < 4.78 is 30.7. The normalized spacial score (nSPS) is 17.6. The van der Waals surface area contributed by atoms with Gasteiger partial charge in [-0.3, -0.25) is 9.48 Å². The van der Waals surface area contributed by atoms with E-state index in [1.807, 2.05) is 20.0 Å². The van der Waals surface area contributed by atoms with E-state index in [2.05, 4.69) is 20.3 Å². The molecule has 1 N–H and O–H groups in total. The number of anilines is 2. The number of amides is 1. The zero-order valence-electron chi connectivity index (χ0n) is 20.3. The number of sulfonamides is 1. The topological polar surface area (TPSA) is 100 Å². The molecule has 2 aliphatic rings. The van der Waals surface area contributed by atoms with E-state index >= 15 is 0 Å². The summed E-state index contributed by atoms with van der Waals surface area (Å²) in [5, 5.41) is 8.11. The first-order valence-corrected chi connectivity index (χ1v) is 13.8. The molecule has 10 heteroatoms. The number of piperidine rings is 2. The first-order valence-electron chi connectivity index (χ1n) is 12.3. The average molecular weight is 497 g/mol. The van der Waals surface area contributed by atoms with E-state index in [0.29, 0.717) is 30.0 Å². The molecule has 1 amide bonds. The number of hydrogen-bond donors (Lipinski definition) is 1. The van der Waals surface area contributed by atoms with Crippen molar-refractivity contribution in [2.75, 3.05) is 36.4 Å². The number of rotatable bonds is 5. The summed E-state index contributed by atoms with van der Waals surface area (Å²) in [7, 11) is -1.89. The number of pyridine rings is 1. The van der Waals surface area contributed by atoms with Gasteiger partial charge < -0.3 is 10.2 Å². The summed E-state index contributed by atoms with van der Waals surface area (Å²) in [6, 6.07) is 6.90. The average Bonchev–Trinajstić information content (AvgIpc) is 3.17. The molecule has 2 aromatic heterocycles. The fraction of sp³-hybridized carbons (Fsp3) is 0.480. The Hall–Kier alpha value is -2.98. The zero-order valence-corrected chi connectivity index (χ0v) is 21.1. The Morgan fingerprint density at radius 2 is 1.66 bits per heavy atom. The number of fused-ring (bicyclic) bond motifs is 1. The van der Waals surface area contributed by atoms with Gasteiger partial charge in [-0.05, 0) is 63.3 Å². The van der Waals surface area contributed by atoms with Gasteiger partial charge in [-0.25, -0.2) is 13.4 Å². The maximum Gasteiger partial charge on any atom is 0.255 e. The predicted octanol–water partition coefficient (Wildman–Crippen LogP) is 3.69. The Labute approximate surface area is 206 Å². The molecule has 2 saturated heterocycles. The van der Waals surface area contributed by atoms with E-state index in [9.17, 15) is 13.2 Å². The molecule has 0 bridgehead atoms. The van der Waals surface area contributed by atoms with Crippen molar-refractivity contribution >= 4 is 38.3 Å². The van der Waals surface area contributed by atoms with Gasteiger partial charge in [0, 0.05) is 44.2 Å². The highest BCUT2D eigenvalue weighted by Crippen LogP contribution is 2.32. The fourth-order valence-corrected chi connectivity index (χ4v) is 6.84. The van der Waals surface area contributed by atoms with Crippen LogP contribution in [0.2, 0.25) is 0 Å². The van der Waals surface area contributed by atoms with Crippen LogP contribution < -0.4 is 10.2 Å². The van der Waals surface area contributed by atoms with Gasteiger partial charge in [0.25, 0.3) is 5.91 Å². The molecule has 0 spiro atoms. The second-order valence-electron chi connectivity index (χ2n) is 9.45. The smallest absolute Gasteiger partial charge is 0.255 e. The van der Waals surface area contributed by atoms with Gasteiger partial charge in [-0.2, -0.15) is 9.40 Å². The lowest BCUT2D eigenvalue weighted by Gasteiger charge is -2.33. The minimum absolute atomic E-state index is 0.227. The minimum Gasteiger partial charge on any atom is -0.370 e. The summed E-state index contributed by atoms with van der Waals surface area (Å²) in [5.74, 6) is -0.368. The third-order valence-electron chi connectivity index (χ3n) is 6.97. The van der Waals surface area contributed by atoms with Crippen LogP contribution in [0.5, 0.6) is 0 Å². The van der Waals surface area contributed by atoms with Crippen molar-refractivity contribution in [3.63, 3.8) is 0 Å². The van der Waals surface area contributed by atoms with Crippen molar-refractivity contribution in [1.82, 2.24) is 19.1 Å². The highest BCUT2D eigenvalue weighted by molar-refractivity contribution is 7.89. The van der Waals surface area contributed by atoms with Gasteiger partial charge in [0.2, 0.25) is 10.0 Å². The van der Waals surface area contributed by atoms with Gasteiger partial charge in [0.05, 0.1) is 23.3 Å². The first kappa shape index (κ1) is 23.7. The van der Waals surface area contributed by atoms with Crippen LogP contribution in [0.3, 0.4) is 0 Å². The summed E-state index contributed by atoms with van der Waals surface area (Å²) in [4.78, 5) is 20.0. The quantitative estimate of drug-likeness (QED) is 0.578. The van der Waals surface area contributed by atoms with Crippen LogP contribution in [0.1, 0.15) is 54.6 Å². The highest BCUT2D eigenvalue weighted by atomic mass is 32.2. The van der Waals surface area contributed by atoms with Crippen molar-refractivity contribution in [1.29, 1.82) is 0 Å². The molecule has 2 fully saturated rings. The second-order valence-corrected chi connectivity index (χ2v) is 11.4. The third-order valence-corrected chi connectivity index (χ3v) is 8.90. The maximum absolute atomic E-state index is 13.7. The molecule has 0 radical (unpaired) electrons. The Morgan fingerprint density at radius 3 is 2.37 bits per heavy atom. The molecule has 35 heavy (non-hydrogen) atoms. The summed E-state index contributed by atoms with van der Waals surface area (Å²) >= 11 is 0. The van der Waals surface area contributed by atoms with Gasteiger partial charge >= 0.3 is 0 Å². The third kappa shape index (κ3) is 4.64. The summed E-state index contributed by atoms with van der Waals surface area (Å²) in [6.45, 7) is 4.59. The lowest BCUT2D eigenvalue weighted by molar-refractivity contribution is 0.102. The molecule has 2 aliphatic heterocycles. The highest BCUT2D eigenvalue weighted by Gasteiger charge is 2.31. The van der Waals surface area contributed by atoms with E-state index in [0.717, 1.165) is 68.3 Å². The van der Waals surface area contributed by atoms with E-state index in [-0.39, 0.29) is 10.8 Å². The maximum atomic E-state index is 13.7. The first-order chi connectivity index (χ1) is 16.8. The number of hydrogen-bond acceptors (Lipinski definition) is 6. The number of carbonyl (C=O) groups excluding carboxylic acids is 1. The Morgan fingerprint density at radius 1 is 0.971 bits per heavy atom. The lowest BCUT2D eigenvalue weighted by atomic mass is 10.1. The van der Waals surface area contributed by atoms with E-state index in [1.54, 1.807) is 33.4 Å². The lowest BCUT2D eigenvalue weighted by Crippen LogP contribution is -2.37. The number of aryl methyl sites for hydroxylation is 2. The van der Waals surface area contributed by atoms with Crippen molar-refractivity contribution in [3.05, 3.63) is 41.7 Å². The fourth-order valence-electron chi connectivity index (χ4n) is 5.08. The van der Waals surface area contributed by atoms with Gasteiger partial charge in [-0.1, -0.05) is 6.42 Å². The molecule has 1 aromatic carbocycles. The molecule has 3 aromatic rings. The summed E-state index contributed by atoms with van der Waals surface area (Å²) in [5.41, 5.74) is 3.11. The molecule has 0 aliphatic carbocycles. The molecule has 0 saturated carbocycles. The molecule has 0 unspecified atom stereocenters. The number of aromatic nitrogens is 3. The Bertz CT molecular complexity index is 1360. The minimum atomic E-state index is -3.71. The summed E-state index contributed by atoms with van der Waals surface area (Å²) in [6.07, 6.45) is 7.59. The number of nitrogens with one attached hydrogen (secondary N) is 1. The number of nitrogens with zero attached hydrogens (tertiary/aromatic N) is 5. The van der Waals surface area contributed by atoms with E-state index < -0.39 is 10.0 Å². The molecule has 9 nitrogen and oxygen atoms in total. The monoisotopic (exact) mass is 496 g/mol. The second kappa shape index (κ2) is 9.58. The number of carbonyl (C=O) groups is 1. The zero-order chi connectivity index (χ0) is 24.6. The van der Waals surface area contributed by atoms with Gasteiger partial charge in [-0.15, -0.1) is 0 Å². The molecular formula is C25H32N6O3S.